The van der Waals surface area contributed by atoms with Gasteiger partial charge in [0.25, 0.3) is 0 Å². The molecule has 0 saturated carbocycles. The largest absolute Gasteiger partial charge is 0.390 e. The summed E-state index contributed by atoms with van der Waals surface area (Å²) in [6.45, 7) is -0.826. The van der Waals surface area contributed by atoms with Gasteiger partial charge in [-0.15, -0.1) is 0 Å². The Labute approximate surface area is 74.2 Å². The van der Waals surface area contributed by atoms with Crippen molar-refractivity contribution in [1.29, 1.82) is 0 Å². The van der Waals surface area contributed by atoms with E-state index in [9.17, 15) is 4.79 Å². The van der Waals surface area contributed by atoms with Gasteiger partial charge < -0.3 is 15.3 Å². The lowest BCUT2D eigenvalue weighted by Gasteiger charge is -2.14. The molecule has 0 bridgehead atoms. The Morgan fingerprint density at radius 2 is 2.15 bits per heavy atom. The summed E-state index contributed by atoms with van der Waals surface area (Å²) in [7, 11) is 0. The zero-order valence-electron chi connectivity index (χ0n) is 6.87. The SMILES string of the molecule is [N-]=[N+]=NCC[C@@H](O)[C@H](O)C(=O)CO. The minimum atomic E-state index is -1.61. The van der Waals surface area contributed by atoms with Crippen molar-refractivity contribution < 1.29 is 20.1 Å². The first kappa shape index (κ1) is 11.9. The maximum absolute atomic E-state index is 10.6. The van der Waals surface area contributed by atoms with Gasteiger partial charge in [0.15, 0.2) is 5.78 Å². The summed E-state index contributed by atoms with van der Waals surface area (Å²) in [5, 5.41) is 29.5. The van der Waals surface area contributed by atoms with Crippen molar-refractivity contribution in [3.63, 3.8) is 0 Å². The van der Waals surface area contributed by atoms with E-state index >= 15 is 0 Å². The van der Waals surface area contributed by atoms with E-state index in [2.05, 4.69) is 10.0 Å². The van der Waals surface area contributed by atoms with Gasteiger partial charge in [0.1, 0.15) is 12.7 Å². The minimum Gasteiger partial charge on any atom is -0.390 e. The van der Waals surface area contributed by atoms with Gasteiger partial charge >= 0.3 is 0 Å². The average molecular weight is 189 g/mol. The molecule has 0 rings (SSSR count). The van der Waals surface area contributed by atoms with Crippen LogP contribution >= 0.6 is 0 Å². The number of hydrogen-bond donors (Lipinski definition) is 3. The molecule has 0 fully saturated rings. The van der Waals surface area contributed by atoms with Crippen molar-refractivity contribution in [2.75, 3.05) is 13.2 Å². The molecule has 0 radical (unpaired) electrons. The number of Topliss-reactive ketones (excluding diaryl/α,β-unsaturated/α-hetero) is 1. The fourth-order valence-corrected chi connectivity index (χ4v) is 0.701. The smallest absolute Gasteiger partial charge is 0.189 e. The fourth-order valence-electron chi connectivity index (χ4n) is 0.701. The fraction of sp³-hybridized carbons (Fsp3) is 0.833. The van der Waals surface area contributed by atoms with Gasteiger partial charge in [-0.1, -0.05) is 5.11 Å². The van der Waals surface area contributed by atoms with Gasteiger partial charge in [-0.25, -0.2) is 0 Å². The first-order valence-electron chi connectivity index (χ1n) is 3.64. The highest BCUT2D eigenvalue weighted by Gasteiger charge is 2.22. The van der Waals surface area contributed by atoms with Crippen LogP contribution < -0.4 is 0 Å². The quantitative estimate of drug-likeness (QED) is 0.280. The van der Waals surface area contributed by atoms with Gasteiger partial charge in [-0.05, 0) is 12.0 Å². The van der Waals surface area contributed by atoms with Crippen molar-refractivity contribution in [1.82, 2.24) is 0 Å². The second kappa shape index (κ2) is 6.38. The number of aliphatic hydroxyl groups excluding tert-OH is 3. The van der Waals surface area contributed by atoms with Crippen LogP contribution in [-0.2, 0) is 4.79 Å². The maximum atomic E-state index is 10.6. The molecule has 0 aromatic rings. The lowest BCUT2D eigenvalue weighted by atomic mass is 10.1. The first-order chi connectivity index (χ1) is 6.13. The Hall–Kier alpha value is -1.14. The van der Waals surface area contributed by atoms with Crippen molar-refractivity contribution in [3.8, 4) is 0 Å². The molecule has 7 heteroatoms. The predicted octanol–water partition coefficient (Wildman–Crippen LogP) is -1.03. The topological polar surface area (TPSA) is 127 Å². The van der Waals surface area contributed by atoms with Gasteiger partial charge in [0.2, 0.25) is 0 Å². The lowest BCUT2D eigenvalue weighted by molar-refractivity contribution is -0.135. The van der Waals surface area contributed by atoms with Crippen LogP contribution in [0.25, 0.3) is 10.4 Å². The van der Waals surface area contributed by atoms with Crippen LogP contribution in [0.1, 0.15) is 6.42 Å². The molecule has 0 spiro atoms. The highest BCUT2D eigenvalue weighted by molar-refractivity contribution is 5.84. The highest BCUT2D eigenvalue weighted by atomic mass is 16.3. The predicted molar refractivity (Wildman–Crippen MR) is 42.7 cm³/mol. The minimum absolute atomic E-state index is 0.00651. The average Bonchev–Trinajstić information content (AvgIpc) is 2.15. The molecule has 0 saturated heterocycles. The Morgan fingerprint density at radius 1 is 1.54 bits per heavy atom. The van der Waals surface area contributed by atoms with Crippen molar-refractivity contribution in [2.24, 2.45) is 5.11 Å². The number of nitrogens with zero attached hydrogens (tertiary/aromatic N) is 3. The van der Waals surface area contributed by atoms with Gasteiger partial charge in [0.05, 0.1) is 6.10 Å². The van der Waals surface area contributed by atoms with Crippen molar-refractivity contribution in [2.45, 2.75) is 18.6 Å². The van der Waals surface area contributed by atoms with Crippen LogP contribution in [0.3, 0.4) is 0 Å². The second-order valence-electron chi connectivity index (χ2n) is 2.38. The van der Waals surface area contributed by atoms with Gasteiger partial charge in [-0.2, -0.15) is 0 Å². The van der Waals surface area contributed by atoms with Crippen LogP contribution in [-0.4, -0.2) is 46.5 Å². The summed E-state index contributed by atoms with van der Waals surface area (Å²) in [5.74, 6) is -0.853. The summed E-state index contributed by atoms with van der Waals surface area (Å²) in [5.41, 5.74) is 7.88. The molecular formula is C6H11N3O4. The number of aliphatic hydroxyl groups is 3. The van der Waals surface area contributed by atoms with E-state index in [0.717, 1.165) is 0 Å². The van der Waals surface area contributed by atoms with E-state index in [1.165, 1.54) is 0 Å². The maximum Gasteiger partial charge on any atom is 0.189 e. The van der Waals surface area contributed by atoms with Crippen molar-refractivity contribution >= 4 is 5.78 Å². The molecule has 0 aromatic carbocycles. The Bertz CT molecular complexity index is 214. The standard InChI is InChI=1S/C6H11N3O4/c7-9-8-2-1-4(11)6(13)5(12)3-10/h4,6,10-11,13H,1-3H2/t4-,6+/m1/s1. The zero-order valence-corrected chi connectivity index (χ0v) is 6.87. The van der Waals surface area contributed by atoms with E-state index in [1.54, 1.807) is 0 Å². The first-order valence-corrected chi connectivity index (χ1v) is 3.64. The molecule has 0 amide bonds. The Balaban J connectivity index is 3.87. The molecule has 13 heavy (non-hydrogen) atoms. The number of hydrogen-bond acceptors (Lipinski definition) is 5. The number of ketones is 1. The summed E-state index contributed by atoms with van der Waals surface area (Å²) >= 11 is 0. The van der Waals surface area contributed by atoms with Crippen LogP contribution in [0.4, 0.5) is 0 Å². The number of carbonyl (C=O) groups is 1. The molecule has 0 aliphatic heterocycles. The molecule has 0 unspecified atom stereocenters. The van der Waals surface area contributed by atoms with E-state index in [4.69, 9.17) is 20.9 Å². The Morgan fingerprint density at radius 3 is 2.62 bits per heavy atom. The molecule has 2 atom stereocenters. The number of rotatable bonds is 6. The summed E-state index contributed by atoms with van der Waals surface area (Å²) in [4.78, 5) is 13.1. The molecule has 0 aliphatic rings. The van der Waals surface area contributed by atoms with E-state index in [0.29, 0.717) is 0 Å². The zero-order chi connectivity index (χ0) is 10.3. The third kappa shape index (κ3) is 4.44. The summed E-state index contributed by atoms with van der Waals surface area (Å²) < 4.78 is 0. The van der Waals surface area contributed by atoms with E-state index in [-0.39, 0.29) is 13.0 Å². The lowest BCUT2D eigenvalue weighted by Crippen LogP contribution is -2.36. The summed E-state index contributed by atoms with van der Waals surface area (Å²) in [6, 6.07) is 0. The Kier molecular flexibility index (Phi) is 5.82. The molecule has 74 valence electrons. The van der Waals surface area contributed by atoms with Crippen LogP contribution in [0.5, 0.6) is 0 Å². The second-order valence-corrected chi connectivity index (χ2v) is 2.38. The van der Waals surface area contributed by atoms with E-state index in [1.807, 2.05) is 0 Å². The van der Waals surface area contributed by atoms with Gasteiger partial charge in [0, 0.05) is 11.5 Å². The van der Waals surface area contributed by atoms with Crippen LogP contribution in [0.15, 0.2) is 5.11 Å². The number of carbonyl (C=O) groups excluding carboxylic acids is 1. The monoisotopic (exact) mass is 189 g/mol. The summed E-state index contributed by atoms with van der Waals surface area (Å²) in [6.07, 6.45) is -2.93. The van der Waals surface area contributed by atoms with Crippen LogP contribution in [0.2, 0.25) is 0 Å². The highest BCUT2D eigenvalue weighted by Crippen LogP contribution is 2.00. The van der Waals surface area contributed by atoms with Crippen LogP contribution in [0, 0.1) is 0 Å². The third-order valence-electron chi connectivity index (χ3n) is 1.44. The molecular weight excluding hydrogens is 178 g/mol. The molecule has 3 N–H and O–H groups in total. The molecule has 0 aliphatic carbocycles. The molecule has 7 nitrogen and oxygen atoms in total. The number of azide groups is 1. The normalized spacial score (nSPS) is 14.4. The van der Waals surface area contributed by atoms with Gasteiger partial charge in [-0.3, -0.25) is 4.79 Å². The van der Waals surface area contributed by atoms with E-state index < -0.39 is 24.6 Å². The van der Waals surface area contributed by atoms with Crippen molar-refractivity contribution in [3.05, 3.63) is 10.4 Å². The molecule has 0 aromatic heterocycles. The molecule has 0 heterocycles. The third-order valence-corrected chi connectivity index (χ3v) is 1.44.